The zero-order valence-electron chi connectivity index (χ0n) is 19.3. The summed E-state index contributed by atoms with van der Waals surface area (Å²) in [5, 5.41) is 23.0. The summed E-state index contributed by atoms with van der Waals surface area (Å²) in [6.07, 6.45) is 5.29. The molecule has 0 saturated carbocycles. The van der Waals surface area contributed by atoms with Crippen molar-refractivity contribution >= 4 is 35.0 Å². The van der Waals surface area contributed by atoms with Crippen molar-refractivity contribution in [2.75, 3.05) is 12.4 Å². The van der Waals surface area contributed by atoms with E-state index < -0.39 is 11.9 Å². The van der Waals surface area contributed by atoms with Crippen LogP contribution in [0, 0.1) is 25.2 Å². The van der Waals surface area contributed by atoms with Gasteiger partial charge in [-0.05, 0) is 87.1 Å². The normalized spacial score (nSPS) is 13.2. The summed E-state index contributed by atoms with van der Waals surface area (Å²) in [5.41, 5.74) is 4.14. The molecule has 1 aliphatic carbocycles. The molecule has 0 bridgehead atoms. The Balaban J connectivity index is 1.69. The van der Waals surface area contributed by atoms with Crippen LogP contribution in [-0.2, 0) is 17.6 Å². The van der Waals surface area contributed by atoms with Gasteiger partial charge in [0, 0.05) is 22.0 Å². The molecule has 2 aromatic heterocycles. The fraction of sp³-hybridized carbons (Fsp3) is 0.269. The van der Waals surface area contributed by atoms with Crippen molar-refractivity contribution in [1.82, 2.24) is 4.57 Å². The molecule has 0 unspecified atom stereocenters. The van der Waals surface area contributed by atoms with Crippen molar-refractivity contribution in [2.45, 2.75) is 39.5 Å². The Morgan fingerprint density at radius 1 is 1.21 bits per heavy atom. The Bertz CT molecular complexity index is 1340. The zero-order valence-corrected chi connectivity index (χ0v) is 20.1. The number of carboxylic acids is 1. The number of aromatic nitrogens is 1. The molecule has 1 aliphatic rings. The van der Waals surface area contributed by atoms with Crippen molar-refractivity contribution in [3.05, 3.63) is 68.9 Å². The number of nitriles is 1. The molecule has 3 aromatic rings. The molecular formula is C26H25N3O4S. The number of carbonyl (C=O) groups is 2. The third kappa shape index (κ3) is 4.35. The number of anilines is 1. The molecular weight excluding hydrogens is 450 g/mol. The molecule has 1 aromatic carbocycles. The molecule has 8 heteroatoms. The van der Waals surface area contributed by atoms with Crippen LogP contribution >= 0.6 is 11.3 Å². The number of hydrogen-bond acceptors (Lipinski definition) is 5. The van der Waals surface area contributed by atoms with E-state index in [-0.39, 0.29) is 5.57 Å². The van der Waals surface area contributed by atoms with Gasteiger partial charge in [0.1, 0.15) is 22.4 Å². The minimum atomic E-state index is -0.921. The Hall–Kier alpha value is -3.83. The van der Waals surface area contributed by atoms with Gasteiger partial charge in [0.15, 0.2) is 0 Å². The van der Waals surface area contributed by atoms with Crippen LogP contribution in [0.1, 0.15) is 50.6 Å². The standard InChI is InChI=1S/C26H25N3O4S/c1-15-12-17(13-18(14-27)24(30)28-19-8-10-20(33-3)11-9-19)16(2)29(15)25-23(26(31)32)21-6-4-5-7-22(21)34-25/h8-13H,4-7H2,1-3H3,(H,28,30)(H,31,32). The number of aromatic carboxylic acids is 1. The molecule has 4 rings (SSSR count). The summed E-state index contributed by atoms with van der Waals surface area (Å²) in [7, 11) is 1.56. The van der Waals surface area contributed by atoms with Gasteiger partial charge in [0.2, 0.25) is 0 Å². The molecule has 0 spiro atoms. The van der Waals surface area contributed by atoms with Crippen LogP contribution in [0.5, 0.6) is 5.75 Å². The molecule has 0 aliphatic heterocycles. The van der Waals surface area contributed by atoms with Crippen molar-refractivity contribution in [3.63, 3.8) is 0 Å². The summed E-state index contributed by atoms with van der Waals surface area (Å²) in [4.78, 5) is 26.0. The molecule has 1 amide bonds. The first-order valence-corrected chi connectivity index (χ1v) is 11.8. The zero-order chi connectivity index (χ0) is 24.4. The molecule has 174 valence electrons. The highest BCUT2D eigenvalue weighted by molar-refractivity contribution is 7.15. The topological polar surface area (TPSA) is 104 Å². The predicted octanol–water partition coefficient (Wildman–Crippen LogP) is 5.29. The van der Waals surface area contributed by atoms with Crippen molar-refractivity contribution in [2.24, 2.45) is 0 Å². The van der Waals surface area contributed by atoms with Gasteiger partial charge in [-0.15, -0.1) is 11.3 Å². The van der Waals surface area contributed by atoms with Crippen LogP contribution in [0.25, 0.3) is 11.1 Å². The van der Waals surface area contributed by atoms with Gasteiger partial charge < -0.3 is 19.7 Å². The Morgan fingerprint density at radius 3 is 2.56 bits per heavy atom. The van der Waals surface area contributed by atoms with Gasteiger partial charge in [0.05, 0.1) is 12.7 Å². The number of amides is 1. The lowest BCUT2D eigenvalue weighted by molar-refractivity contribution is -0.112. The van der Waals surface area contributed by atoms with E-state index in [1.807, 2.05) is 30.6 Å². The summed E-state index contributed by atoms with van der Waals surface area (Å²) < 4.78 is 7.05. The predicted molar refractivity (Wildman–Crippen MR) is 132 cm³/mol. The van der Waals surface area contributed by atoms with Crippen molar-refractivity contribution in [1.29, 1.82) is 5.26 Å². The molecule has 0 radical (unpaired) electrons. The van der Waals surface area contributed by atoms with Crippen LogP contribution in [-0.4, -0.2) is 28.7 Å². The molecule has 2 heterocycles. The summed E-state index contributed by atoms with van der Waals surface area (Å²) >= 11 is 1.53. The lowest BCUT2D eigenvalue weighted by Crippen LogP contribution is -2.13. The first kappa shape index (κ1) is 23.3. The number of nitrogens with zero attached hydrogens (tertiary/aromatic N) is 2. The van der Waals surface area contributed by atoms with E-state index in [1.165, 1.54) is 11.3 Å². The fourth-order valence-corrected chi connectivity index (χ4v) is 5.84. The third-order valence-corrected chi connectivity index (χ3v) is 7.33. The highest BCUT2D eigenvalue weighted by Crippen LogP contribution is 2.39. The van der Waals surface area contributed by atoms with Crippen LogP contribution in [0.15, 0.2) is 35.9 Å². The lowest BCUT2D eigenvalue weighted by atomic mass is 9.95. The number of rotatable bonds is 6. The second-order valence-electron chi connectivity index (χ2n) is 8.21. The molecule has 0 fully saturated rings. The van der Waals surface area contributed by atoms with E-state index in [9.17, 15) is 20.0 Å². The molecule has 34 heavy (non-hydrogen) atoms. The van der Waals surface area contributed by atoms with Crippen molar-refractivity contribution in [3.8, 4) is 16.8 Å². The second kappa shape index (κ2) is 9.57. The number of thiophene rings is 1. The van der Waals surface area contributed by atoms with E-state index in [1.54, 1.807) is 37.5 Å². The SMILES string of the molecule is COc1ccc(NC(=O)C(C#N)=Cc2cc(C)n(-c3sc4c(c3C(=O)O)CCCC4)c2C)cc1. The van der Waals surface area contributed by atoms with E-state index in [4.69, 9.17) is 4.74 Å². The van der Waals surface area contributed by atoms with Crippen LogP contribution in [0.2, 0.25) is 0 Å². The molecule has 0 saturated heterocycles. The van der Waals surface area contributed by atoms with Gasteiger partial charge in [-0.1, -0.05) is 0 Å². The molecule has 0 atom stereocenters. The smallest absolute Gasteiger partial charge is 0.339 e. The average molecular weight is 476 g/mol. The summed E-state index contributed by atoms with van der Waals surface area (Å²) in [6.45, 7) is 3.78. The van der Waals surface area contributed by atoms with Gasteiger partial charge in [-0.3, -0.25) is 4.79 Å². The highest BCUT2D eigenvalue weighted by atomic mass is 32.1. The van der Waals surface area contributed by atoms with E-state index in [0.717, 1.165) is 47.5 Å². The third-order valence-electron chi connectivity index (χ3n) is 6.05. The first-order chi connectivity index (χ1) is 16.3. The second-order valence-corrected chi connectivity index (χ2v) is 9.29. The van der Waals surface area contributed by atoms with Crippen LogP contribution < -0.4 is 10.1 Å². The van der Waals surface area contributed by atoms with Crippen LogP contribution in [0.3, 0.4) is 0 Å². The van der Waals surface area contributed by atoms with E-state index in [0.29, 0.717) is 27.6 Å². The number of carboxylic acid groups (broad SMARTS) is 1. The largest absolute Gasteiger partial charge is 0.497 e. The highest BCUT2D eigenvalue weighted by Gasteiger charge is 2.27. The minimum Gasteiger partial charge on any atom is -0.497 e. The number of carbonyl (C=O) groups excluding carboxylic acids is 1. The summed E-state index contributed by atoms with van der Waals surface area (Å²) in [6, 6.07) is 10.7. The van der Waals surface area contributed by atoms with Gasteiger partial charge in [-0.2, -0.15) is 5.26 Å². The number of ether oxygens (including phenoxy) is 1. The maximum Gasteiger partial charge on any atom is 0.339 e. The fourth-order valence-electron chi connectivity index (χ4n) is 4.35. The lowest BCUT2D eigenvalue weighted by Gasteiger charge is -2.11. The Labute approximate surface area is 201 Å². The Kier molecular flexibility index (Phi) is 6.57. The number of benzene rings is 1. The quantitative estimate of drug-likeness (QED) is 0.372. The number of fused-ring (bicyclic) bond motifs is 1. The number of aryl methyl sites for hydroxylation is 2. The maximum absolute atomic E-state index is 12.7. The van der Waals surface area contributed by atoms with Gasteiger partial charge in [0.25, 0.3) is 5.91 Å². The van der Waals surface area contributed by atoms with E-state index in [2.05, 4.69) is 5.32 Å². The molecule has 7 nitrogen and oxygen atoms in total. The summed E-state index contributed by atoms with van der Waals surface area (Å²) in [5.74, 6) is -0.775. The van der Waals surface area contributed by atoms with Crippen LogP contribution in [0.4, 0.5) is 5.69 Å². The van der Waals surface area contributed by atoms with E-state index >= 15 is 0 Å². The number of methoxy groups -OCH3 is 1. The Morgan fingerprint density at radius 2 is 1.91 bits per heavy atom. The van der Waals surface area contributed by atoms with Crippen molar-refractivity contribution < 1.29 is 19.4 Å². The monoisotopic (exact) mass is 475 g/mol. The molecule has 2 N–H and O–H groups in total. The minimum absolute atomic E-state index is 0.0417. The average Bonchev–Trinajstić information content (AvgIpc) is 3.33. The van der Waals surface area contributed by atoms with Gasteiger partial charge in [-0.25, -0.2) is 4.79 Å². The maximum atomic E-state index is 12.7. The first-order valence-electron chi connectivity index (χ1n) is 11.0. The number of nitrogens with one attached hydrogen (secondary N) is 1. The van der Waals surface area contributed by atoms with Gasteiger partial charge >= 0.3 is 5.97 Å². The number of hydrogen-bond donors (Lipinski definition) is 2.